The van der Waals surface area contributed by atoms with Crippen molar-refractivity contribution in [1.29, 1.82) is 0 Å². The van der Waals surface area contributed by atoms with Crippen molar-refractivity contribution >= 4 is 16.8 Å². The summed E-state index contributed by atoms with van der Waals surface area (Å²) < 4.78 is 10.7. The van der Waals surface area contributed by atoms with Crippen LogP contribution in [0.3, 0.4) is 0 Å². The Morgan fingerprint density at radius 1 is 1.00 bits per heavy atom. The van der Waals surface area contributed by atoms with E-state index in [2.05, 4.69) is 42.2 Å². The molecule has 0 aliphatic rings. The standard InChI is InChI=1S/C19H23NO2S/c1-5-14-7-6-8-16(11-14)23-19(20-2)13-15-9-10-17(21-3)18(12-15)22-4/h6-12H,5,13H2,1-4H3/b20-19-. The van der Waals surface area contributed by atoms with Crippen LogP contribution >= 0.6 is 11.8 Å². The molecule has 2 rings (SSSR count). The molecule has 0 spiro atoms. The van der Waals surface area contributed by atoms with E-state index in [1.807, 2.05) is 19.2 Å². The molecule has 0 saturated heterocycles. The van der Waals surface area contributed by atoms with Gasteiger partial charge in [0.15, 0.2) is 11.5 Å². The highest BCUT2D eigenvalue weighted by atomic mass is 32.2. The summed E-state index contributed by atoms with van der Waals surface area (Å²) in [6, 6.07) is 14.6. The average Bonchev–Trinajstić information content (AvgIpc) is 2.61. The number of aryl methyl sites for hydroxylation is 1. The average molecular weight is 329 g/mol. The van der Waals surface area contributed by atoms with Gasteiger partial charge in [-0.15, -0.1) is 0 Å². The molecule has 0 aliphatic carbocycles. The van der Waals surface area contributed by atoms with E-state index in [-0.39, 0.29) is 0 Å². The molecular weight excluding hydrogens is 306 g/mol. The van der Waals surface area contributed by atoms with Crippen LogP contribution in [-0.2, 0) is 12.8 Å². The highest BCUT2D eigenvalue weighted by Crippen LogP contribution is 2.29. The smallest absolute Gasteiger partial charge is 0.160 e. The maximum absolute atomic E-state index is 5.37. The van der Waals surface area contributed by atoms with Crippen LogP contribution in [-0.4, -0.2) is 26.3 Å². The van der Waals surface area contributed by atoms with Gasteiger partial charge in [0.25, 0.3) is 0 Å². The van der Waals surface area contributed by atoms with Crippen LogP contribution in [0.5, 0.6) is 11.5 Å². The third-order valence-electron chi connectivity index (χ3n) is 3.60. The van der Waals surface area contributed by atoms with E-state index in [0.717, 1.165) is 34.9 Å². The fraction of sp³-hybridized carbons (Fsp3) is 0.316. The first-order valence-electron chi connectivity index (χ1n) is 7.63. The topological polar surface area (TPSA) is 30.8 Å². The lowest BCUT2D eigenvalue weighted by molar-refractivity contribution is 0.354. The minimum absolute atomic E-state index is 0.745. The Morgan fingerprint density at radius 3 is 2.43 bits per heavy atom. The Morgan fingerprint density at radius 2 is 1.78 bits per heavy atom. The molecular formula is C19H23NO2S. The van der Waals surface area contributed by atoms with Crippen LogP contribution < -0.4 is 9.47 Å². The predicted octanol–water partition coefficient (Wildman–Crippen LogP) is 4.63. The van der Waals surface area contributed by atoms with Crippen LogP contribution in [0.25, 0.3) is 0 Å². The number of nitrogens with zero attached hydrogens (tertiary/aromatic N) is 1. The minimum Gasteiger partial charge on any atom is -0.493 e. The van der Waals surface area contributed by atoms with Crippen LogP contribution in [0, 0.1) is 0 Å². The van der Waals surface area contributed by atoms with E-state index < -0.39 is 0 Å². The largest absolute Gasteiger partial charge is 0.493 e. The lowest BCUT2D eigenvalue weighted by Gasteiger charge is -2.11. The monoisotopic (exact) mass is 329 g/mol. The lowest BCUT2D eigenvalue weighted by Crippen LogP contribution is -2.00. The fourth-order valence-corrected chi connectivity index (χ4v) is 3.25. The third kappa shape index (κ3) is 4.76. The van der Waals surface area contributed by atoms with Crippen LogP contribution in [0.2, 0.25) is 0 Å². The Bertz CT molecular complexity index is 683. The van der Waals surface area contributed by atoms with Gasteiger partial charge in [-0.3, -0.25) is 4.99 Å². The Hall–Kier alpha value is -1.94. The molecule has 0 aromatic heterocycles. The summed E-state index contributed by atoms with van der Waals surface area (Å²) in [4.78, 5) is 5.67. The predicted molar refractivity (Wildman–Crippen MR) is 98.3 cm³/mol. The van der Waals surface area contributed by atoms with Gasteiger partial charge >= 0.3 is 0 Å². The van der Waals surface area contributed by atoms with E-state index in [4.69, 9.17) is 9.47 Å². The summed E-state index contributed by atoms with van der Waals surface area (Å²) in [5.41, 5.74) is 2.50. The zero-order valence-corrected chi connectivity index (χ0v) is 14.9. The molecule has 0 amide bonds. The highest BCUT2D eigenvalue weighted by molar-refractivity contribution is 8.14. The molecule has 23 heavy (non-hydrogen) atoms. The number of methoxy groups -OCH3 is 2. The highest BCUT2D eigenvalue weighted by Gasteiger charge is 2.08. The lowest BCUT2D eigenvalue weighted by atomic mass is 10.1. The Labute approximate surface area is 142 Å². The molecule has 2 aromatic carbocycles. The molecule has 0 saturated carbocycles. The van der Waals surface area contributed by atoms with Crippen molar-refractivity contribution in [3.05, 3.63) is 53.6 Å². The minimum atomic E-state index is 0.745. The van der Waals surface area contributed by atoms with Gasteiger partial charge in [-0.2, -0.15) is 0 Å². The summed E-state index contributed by atoms with van der Waals surface area (Å²) in [6.07, 6.45) is 1.82. The molecule has 4 heteroatoms. The molecule has 3 nitrogen and oxygen atoms in total. The second kappa shape index (κ2) is 8.63. The van der Waals surface area contributed by atoms with Gasteiger partial charge in [0.05, 0.1) is 19.3 Å². The van der Waals surface area contributed by atoms with Gasteiger partial charge in [-0.05, 0) is 41.8 Å². The van der Waals surface area contributed by atoms with Crippen molar-refractivity contribution in [2.24, 2.45) is 4.99 Å². The summed E-state index contributed by atoms with van der Waals surface area (Å²) in [5.74, 6) is 1.49. The maximum atomic E-state index is 5.37. The zero-order chi connectivity index (χ0) is 16.7. The number of thioether (sulfide) groups is 1. The molecule has 0 atom stereocenters. The Balaban J connectivity index is 2.13. The van der Waals surface area contributed by atoms with Crippen LogP contribution in [0.15, 0.2) is 52.4 Å². The van der Waals surface area contributed by atoms with Crippen LogP contribution in [0.4, 0.5) is 0 Å². The molecule has 122 valence electrons. The molecule has 0 aliphatic heterocycles. The summed E-state index contributed by atoms with van der Waals surface area (Å²) >= 11 is 1.71. The number of rotatable bonds is 6. The van der Waals surface area contributed by atoms with E-state index in [9.17, 15) is 0 Å². The number of ether oxygens (including phenoxy) is 2. The van der Waals surface area contributed by atoms with E-state index in [1.54, 1.807) is 26.0 Å². The van der Waals surface area contributed by atoms with E-state index in [0.29, 0.717) is 0 Å². The quantitative estimate of drug-likeness (QED) is 0.440. The van der Waals surface area contributed by atoms with E-state index >= 15 is 0 Å². The van der Waals surface area contributed by atoms with Crippen molar-refractivity contribution < 1.29 is 9.47 Å². The van der Waals surface area contributed by atoms with Gasteiger partial charge in [0.1, 0.15) is 0 Å². The molecule has 2 aromatic rings. The second-order valence-electron chi connectivity index (χ2n) is 5.09. The molecule has 0 fully saturated rings. The van der Waals surface area contributed by atoms with Crippen molar-refractivity contribution in [2.75, 3.05) is 21.3 Å². The number of hydrogen-bond donors (Lipinski definition) is 0. The van der Waals surface area contributed by atoms with Crippen LogP contribution in [0.1, 0.15) is 18.1 Å². The zero-order valence-electron chi connectivity index (χ0n) is 14.1. The third-order valence-corrected chi connectivity index (χ3v) is 4.65. The fourth-order valence-electron chi connectivity index (χ4n) is 2.29. The van der Waals surface area contributed by atoms with Gasteiger partial charge < -0.3 is 9.47 Å². The molecule has 0 radical (unpaired) electrons. The summed E-state index contributed by atoms with van der Waals surface area (Å²) in [6.45, 7) is 2.17. The number of hydrogen-bond acceptors (Lipinski definition) is 4. The molecule has 0 unspecified atom stereocenters. The first-order chi connectivity index (χ1) is 11.2. The number of benzene rings is 2. The SMILES string of the molecule is CCc1cccc(S/C(Cc2ccc(OC)c(OC)c2)=N\C)c1. The van der Waals surface area contributed by atoms with Crippen molar-refractivity contribution in [2.45, 2.75) is 24.7 Å². The molecule has 0 heterocycles. The van der Waals surface area contributed by atoms with E-state index in [1.165, 1.54) is 10.5 Å². The Kier molecular flexibility index (Phi) is 6.53. The van der Waals surface area contributed by atoms with Gasteiger partial charge in [-0.1, -0.05) is 36.9 Å². The van der Waals surface area contributed by atoms with Crippen molar-refractivity contribution in [3.63, 3.8) is 0 Å². The summed E-state index contributed by atoms with van der Waals surface area (Å²) in [7, 11) is 5.14. The molecule has 0 bridgehead atoms. The first-order valence-corrected chi connectivity index (χ1v) is 8.45. The van der Waals surface area contributed by atoms with Gasteiger partial charge in [0.2, 0.25) is 0 Å². The van der Waals surface area contributed by atoms with Gasteiger partial charge in [0, 0.05) is 18.4 Å². The van der Waals surface area contributed by atoms with Gasteiger partial charge in [-0.25, -0.2) is 0 Å². The van der Waals surface area contributed by atoms with Crippen molar-refractivity contribution in [1.82, 2.24) is 0 Å². The first kappa shape index (κ1) is 17.4. The normalized spacial score (nSPS) is 11.4. The van der Waals surface area contributed by atoms with Crippen molar-refractivity contribution in [3.8, 4) is 11.5 Å². The number of aliphatic imine (C=N–C) groups is 1. The summed E-state index contributed by atoms with van der Waals surface area (Å²) in [5, 5.41) is 1.07. The molecule has 0 N–H and O–H groups in total. The maximum Gasteiger partial charge on any atom is 0.160 e. The second-order valence-corrected chi connectivity index (χ2v) is 6.23.